The van der Waals surface area contributed by atoms with Gasteiger partial charge < -0.3 is 4.74 Å². The van der Waals surface area contributed by atoms with Crippen LogP contribution in [0, 0.1) is 5.92 Å². The fraction of sp³-hybridized carbons (Fsp3) is 0.700. The minimum Gasteiger partial charge on any atom is -0.493 e. The highest BCUT2D eigenvalue weighted by atomic mass is 79.9. The van der Waals surface area contributed by atoms with Crippen LogP contribution in [0.1, 0.15) is 26.2 Å². The van der Waals surface area contributed by atoms with E-state index in [1.54, 1.807) is 0 Å². The van der Waals surface area contributed by atoms with Crippen LogP contribution in [-0.4, -0.2) is 17.2 Å². The van der Waals surface area contributed by atoms with Crippen molar-refractivity contribution in [3.63, 3.8) is 0 Å². The number of rotatable bonds is 1. The fourth-order valence-corrected chi connectivity index (χ4v) is 2.37. The molecule has 0 spiro atoms. The Bertz CT molecular complexity index is 270. The second-order valence-electron chi connectivity index (χ2n) is 3.94. The van der Waals surface area contributed by atoms with Gasteiger partial charge in [-0.1, -0.05) is 22.9 Å². The zero-order valence-corrected chi connectivity index (χ0v) is 9.26. The maximum Gasteiger partial charge on any atom is 0.162 e. The van der Waals surface area contributed by atoms with E-state index in [2.05, 4.69) is 22.9 Å². The molecule has 2 unspecified atom stereocenters. The molecule has 0 aromatic carbocycles. The number of Topliss-reactive ketones (excluding diaryl/α,β-unsaturated/α-hetero) is 1. The van der Waals surface area contributed by atoms with Gasteiger partial charge in [0, 0.05) is 30.2 Å². The Morgan fingerprint density at radius 3 is 2.92 bits per heavy atom. The van der Waals surface area contributed by atoms with Crippen LogP contribution in [0.25, 0.3) is 0 Å². The summed E-state index contributed by atoms with van der Waals surface area (Å²) >= 11 is 3.38. The quantitative estimate of drug-likeness (QED) is 0.663. The molecule has 0 saturated heterocycles. The molecule has 0 aromatic heterocycles. The van der Waals surface area contributed by atoms with Gasteiger partial charge in [-0.3, -0.25) is 4.79 Å². The van der Waals surface area contributed by atoms with Gasteiger partial charge in [0.15, 0.2) is 5.78 Å². The molecular weight excluding hydrogens is 232 g/mol. The predicted octanol–water partition coefficient (Wildman–Crippen LogP) is 2.42. The van der Waals surface area contributed by atoms with Crippen LogP contribution in [0.2, 0.25) is 0 Å². The SMILES string of the molecule is CC1CC(=O)C2=C(C1)OC(CBr)C2. The summed E-state index contributed by atoms with van der Waals surface area (Å²) in [7, 11) is 0. The summed E-state index contributed by atoms with van der Waals surface area (Å²) in [4.78, 5) is 11.6. The van der Waals surface area contributed by atoms with Gasteiger partial charge in [0.25, 0.3) is 0 Å². The number of halogens is 1. The molecular formula is C10H13BrO2. The van der Waals surface area contributed by atoms with Crippen LogP contribution in [0.15, 0.2) is 11.3 Å². The predicted molar refractivity (Wildman–Crippen MR) is 53.7 cm³/mol. The first-order valence-corrected chi connectivity index (χ1v) is 5.80. The summed E-state index contributed by atoms with van der Waals surface area (Å²) in [5, 5.41) is 0.821. The van der Waals surface area contributed by atoms with Gasteiger partial charge in [-0.2, -0.15) is 0 Å². The van der Waals surface area contributed by atoms with Gasteiger partial charge in [-0.05, 0) is 5.92 Å². The summed E-state index contributed by atoms with van der Waals surface area (Å²) in [6.45, 7) is 2.10. The number of ketones is 1. The van der Waals surface area contributed by atoms with Gasteiger partial charge in [0.2, 0.25) is 0 Å². The molecule has 2 rings (SSSR count). The lowest BCUT2D eigenvalue weighted by molar-refractivity contribution is -0.117. The van der Waals surface area contributed by atoms with Gasteiger partial charge in [0.05, 0.1) is 0 Å². The number of alkyl halides is 1. The average Bonchev–Trinajstić information content (AvgIpc) is 2.47. The number of carbonyl (C=O) groups is 1. The van der Waals surface area contributed by atoms with E-state index in [0.29, 0.717) is 18.1 Å². The first kappa shape index (κ1) is 9.25. The van der Waals surface area contributed by atoms with Crippen LogP contribution in [-0.2, 0) is 9.53 Å². The minimum absolute atomic E-state index is 0.194. The first-order chi connectivity index (χ1) is 6.20. The van der Waals surface area contributed by atoms with Crippen LogP contribution < -0.4 is 0 Å². The summed E-state index contributed by atoms with van der Waals surface area (Å²) < 4.78 is 5.67. The Morgan fingerprint density at radius 2 is 2.23 bits per heavy atom. The second-order valence-corrected chi connectivity index (χ2v) is 4.58. The summed E-state index contributed by atoms with van der Waals surface area (Å²) in [5.74, 6) is 1.73. The first-order valence-electron chi connectivity index (χ1n) is 4.68. The molecule has 2 atom stereocenters. The molecule has 1 heterocycles. The van der Waals surface area contributed by atoms with E-state index in [9.17, 15) is 4.79 Å². The third kappa shape index (κ3) is 1.66. The molecule has 1 aliphatic heterocycles. The van der Waals surface area contributed by atoms with Crippen LogP contribution in [0.3, 0.4) is 0 Å². The van der Waals surface area contributed by atoms with Crippen LogP contribution in [0.5, 0.6) is 0 Å². The molecule has 0 aromatic rings. The molecule has 0 fully saturated rings. The largest absolute Gasteiger partial charge is 0.493 e. The highest BCUT2D eigenvalue weighted by molar-refractivity contribution is 9.09. The maximum absolute atomic E-state index is 11.6. The van der Waals surface area contributed by atoms with Crippen molar-refractivity contribution in [2.24, 2.45) is 5.92 Å². The monoisotopic (exact) mass is 244 g/mol. The Morgan fingerprint density at radius 1 is 1.46 bits per heavy atom. The lowest BCUT2D eigenvalue weighted by Gasteiger charge is -2.18. The van der Waals surface area contributed by atoms with E-state index < -0.39 is 0 Å². The summed E-state index contributed by atoms with van der Waals surface area (Å²) in [5.41, 5.74) is 0.961. The molecule has 0 saturated carbocycles. The lowest BCUT2D eigenvalue weighted by Crippen LogP contribution is -2.15. The number of carbonyl (C=O) groups excluding carboxylic acids is 1. The Balaban J connectivity index is 2.16. The van der Waals surface area contributed by atoms with Crippen molar-refractivity contribution in [3.05, 3.63) is 11.3 Å². The van der Waals surface area contributed by atoms with E-state index in [4.69, 9.17) is 4.74 Å². The van der Waals surface area contributed by atoms with Gasteiger partial charge in [-0.15, -0.1) is 0 Å². The van der Waals surface area contributed by atoms with E-state index >= 15 is 0 Å². The Labute approximate surface area is 86.5 Å². The normalized spacial score (nSPS) is 33.2. The molecule has 0 amide bonds. The molecule has 0 bridgehead atoms. The lowest BCUT2D eigenvalue weighted by atomic mass is 9.88. The highest BCUT2D eigenvalue weighted by Gasteiger charge is 2.34. The van der Waals surface area contributed by atoms with E-state index in [1.807, 2.05) is 0 Å². The van der Waals surface area contributed by atoms with Crippen molar-refractivity contribution in [2.45, 2.75) is 32.3 Å². The van der Waals surface area contributed by atoms with E-state index in [0.717, 1.165) is 29.5 Å². The zero-order chi connectivity index (χ0) is 9.42. The van der Waals surface area contributed by atoms with E-state index in [-0.39, 0.29) is 6.10 Å². The van der Waals surface area contributed by atoms with Crippen molar-refractivity contribution in [1.82, 2.24) is 0 Å². The van der Waals surface area contributed by atoms with Gasteiger partial charge in [-0.25, -0.2) is 0 Å². The van der Waals surface area contributed by atoms with Crippen molar-refractivity contribution in [2.75, 3.05) is 5.33 Å². The number of hydrogen-bond acceptors (Lipinski definition) is 2. The molecule has 0 radical (unpaired) electrons. The smallest absolute Gasteiger partial charge is 0.162 e. The van der Waals surface area contributed by atoms with Crippen molar-refractivity contribution < 1.29 is 9.53 Å². The zero-order valence-electron chi connectivity index (χ0n) is 7.68. The molecule has 0 N–H and O–H groups in total. The van der Waals surface area contributed by atoms with Gasteiger partial charge in [0.1, 0.15) is 11.9 Å². The molecule has 1 aliphatic carbocycles. The standard InChI is InChI=1S/C10H13BrO2/c1-6-2-9(12)8-4-7(5-11)13-10(8)3-6/h6-7H,2-5H2,1H3. The van der Waals surface area contributed by atoms with Crippen molar-refractivity contribution in [3.8, 4) is 0 Å². The molecule has 3 heteroatoms. The van der Waals surface area contributed by atoms with Crippen LogP contribution in [0.4, 0.5) is 0 Å². The average molecular weight is 245 g/mol. The Kier molecular flexibility index (Phi) is 2.45. The number of hydrogen-bond donors (Lipinski definition) is 0. The van der Waals surface area contributed by atoms with E-state index in [1.165, 1.54) is 0 Å². The molecule has 2 aliphatic rings. The molecule has 72 valence electrons. The van der Waals surface area contributed by atoms with Crippen molar-refractivity contribution in [1.29, 1.82) is 0 Å². The summed E-state index contributed by atoms with van der Waals surface area (Å²) in [6.07, 6.45) is 2.66. The fourth-order valence-electron chi connectivity index (χ4n) is 2.01. The number of ether oxygens (including phenoxy) is 1. The van der Waals surface area contributed by atoms with Gasteiger partial charge >= 0.3 is 0 Å². The minimum atomic E-state index is 0.194. The molecule has 2 nitrogen and oxygen atoms in total. The second kappa shape index (κ2) is 3.45. The Hall–Kier alpha value is -0.310. The summed E-state index contributed by atoms with van der Waals surface area (Å²) in [6, 6.07) is 0. The van der Waals surface area contributed by atoms with Crippen molar-refractivity contribution >= 4 is 21.7 Å². The third-order valence-corrected chi connectivity index (χ3v) is 3.38. The van der Waals surface area contributed by atoms with Crippen LogP contribution >= 0.6 is 15.9 Å². The third-order valence-electron chi connectivity index (χ3n) is 2.65. The number of allylic oxidation sites excluding steroid dienone is 1. The topological polar surface area (TPSA) is 26.3 Å². The molecule has 13 heavy (non-hydrogen) atoms. The highest BCUT2D eigenvalue weighted by Crippen LogP contribution is 2.36. The maximum atomic E-state index is 11.6.